The number of hydrogen-bond acceptors (Lipinski definition) is 5. The molecule has 0 unspecified atom stereocenters. The lowest BCUT2D eigenvalue weighted by Gasteiger charge is -2.10. The van der Waals surface area contributed by atoms with Crippen LogP contribution in [0, 0.1) is 10.1 Å². The second-order valence-electron chi connectivity index (χ2n) is 4.32. The molecule has 2 rings (SSSR count). The van der Waals surface area contributed by atoms with Crippen molar-refractivity contribution in [3.05, 3.63) is 62.7 Å². The average molecular weight is 324 g/mol. The second kappa shape index (κ2) is 6.31. The fourth-order valence-corrected chi connectivity index (χ4v) is 1.92. The molecule has 0 heterocycles. The first kappa shape index (κ1) is 15.6. The quantitative estimate of drug-likeness (QED) is 0.645. The number of carboxylic acid groups (broad SMARTS) is 1. The van der Waals surface area contributed by atoms with Crippen LogP contribution in [-0.4, -0.2) is 21.1 Å². The largest absolute Gasteiger partial charge is 0.507 e. The van der Waals surface area contributed by atoms with Crippen LogP contribution in [0.3, 0.4) is 0 Å². The zero-order valence-corrected chi connectivity index (χ0v) is 11.8. The number of nitrogens with zero attached hydrogens (tertiary/aromatic N) is 1. The number of aromatic carboxylic acids is 1. The molecule has 22 heavy (non-hydrogen) atoms. The summed E-state index contributed by atoms with van der Waals surface area (Å²) in [6.45, 7) is 0.0591. The van der Waals surface area contributed by atoms with Gasteiger partial charge in [0.05, 0.1) is 9.95 Å². The van der Waals surface area contributed by atoms with E-state index >= 15 is 0 Å². The number of nitro benzene ring substituents is 1. The first-order valence-corrected chi connectivity index (χ1v) is 6.38. The van der Waals surface area contributed by atoms with E-state index in [1.165, 1.54) is 24.3 Å². The predicted octanol–water partition coefficient (Wildman–Crippen LogP) is 3.23. The van der Waals surface area contributed by atoms with Crippen molar-refractivity contribution in [1.82, 2.24) is 0 Å². The van der Waals surface area contributed by atoms with Gasteiger partial charge in [-0.05, 0) is 23.8 Å². The SMILES string of the molecule is O=C(O)c1cc(Cl)c(OCc2ccc([N+](=O)[O-])cc2)cc1O. The van der Waals surface area contributed by atoms with Crippen molar-refractivity contribution in [2.24, 2.45) is 0 Å². The third-order valence-corrected chi connectivity index (χ3v) is 3.12. The number of ether oxygens (including phenoxy) is 1. The van der Waals surface area contributed by atoms with Crippen LogP contribution in [0.1, 0.15) is 15.9 Å². The van der Waals surface area contributed by atoms with E-state index in [1.54, 1.807) is 0 Å². The molecule has 0 bridgehead atoms. The number of carbonyl (C=O) groups is 1. The van der Waals surface area contributed by atoms with Crippen LogP contribution in [-0.2, 0) is 6.61 Å². The number of nitro groups is 1. The molecule has 0 fully saturated rings. The first-order chi connectivity index (χ1) is 10.4. The Hall–Kier alpha value is -2.80. The number of carboxylic acids is 1. The molecule has 0 saturated heterocycles. The summed E-state index contributed by atoms with van der Waals surface area (Å²) in [6, 6.07) is 7.92. The third kappa shape index (κ3) is 3.44. The fraction of sp³-hybridized carbons (Fsp3) is 0.0714. The molecule has 0 aliphatic rings. The third-order valence-electron chi connectivity index (χ3n) is 2.82. The molecule has 0 atom stereocenters. The molecule has 8 heteroatoms. The number of aromatic hydroxyl groups is 1. The minimum atomic E-state index is -1.30. The van der Waals surface area contributed by atoms with Gasteiger partial charge < -0.3 is 14.9 Å². The summed E-state index contributed by atoms with van der Waals surface area (Å²) in [5.41, 5.74) is 0.293. The maximum absolute atomic E-state index is 10.8. The van der Waals surface area contributed by atoms with Crippen LogP contribution in [0.2, 0.25) is 5.02 Å². The molecule has 0 radical (unpaired) electrons. The van der Waals surface area contributed by atoms with Crippen LogP contribution < -0.4 is 4.74 Å². The molecule has 0 amide bonds. The zero-order chi connectivity index (χ0) is 16.3. The minimum absolute atomic E-state index is 0.0368. The van der Waals surface area contributed by atoms with E-state index in [0.717, 1.165) is 12.1 Å². The van der Waals surface area contributed by atoms with Crippen molar-refractivity contribution in [2.45, 2.75) is 6.61 Å². The van der Waals surface area contributed by atoms with Gasteiger partial charge in [0.15, 0.2) is 0 Å². The van der Waals surface area contributed by atoms with E-state index in [4.69, 9.17) is 21.4 Å². The summed E-state index contributed by atoms with van der Waals surface area (Å²) in [7, 11) is 0. The van der Waals surface area contributed by atoms with Gasteiger partial charge >= 0.3 is 5.97 Å². The summed E-state index contributed by atoms with van der Waals surface area (Å²) >= 11 is 5.89. The van der Waals surface area contributed by atoms with E-state index in [2.05, 4.69) is 0 Å². The average Bonchev–Trinajstić information content (AvgIpc) is 2.47. The van der Waals surface area contributed by atoms with Crippen LogP contribution in [0.4, 0.5) is 5.69 Å². The van der Waals surface area contributed by atoms with Gasteiger partial charge in [-0.2, -0.15) is 0 Å². The Balaban J connectivity index is 2.13. The van der Waals surface area contributed by atoms with Crippen molar-refractivity contribution in [3.63, 3.8) is 0 Å². The van der Waals surface area contributed by atoms with Gasteiger partial charge in [-0.15, -0.1) is 0 Å². The first-order valence-electron chi connectivity index (χ1n) is 6.00. The molecule has 0 aromatic heterocycles. The van der Waals surface area contributed by atoms with E-state index in [9.17, 15) is 20.0 Å². The summed E-state index contributed by atoms with van der Waals surface area (Å²) in [6.07, 6.45) is 0. The lowest BCUT2D eigenvalue weighted by molar-refractivity contribution is -0.384. The predicted molar refractivity (Wildman–Crippen MR) is 77.5 cm³/mol. The van der Waals surface area contributed by atoms with Gasteiger partial charge in [-0.3, -0.25) is 10.1 Å². The topological polar surface area (TPSA) is 110 Å². The molecule has 2 aromatic carbocycles. The Morgan fingerprint density at radius 1 is 1.27 bits per heavy atom. The lowest BCUT2D eigenvalue weighted by Crippen LogP contribution is -2.00. The summed E-state index contributed by atoms with van der Waals surface area (Å²) in [5.74, 6) is -1.65. The summed E-state index contributed by atoms with van der Waals surface area (Å²) in [5, 5.41) is 29.0. The van der Waals surface area contributed by atoms with Gasteiger partial charge in [0.1, 0.15) is 23.7 Å². The van der Waals surface area contributed by atoms with E-state index < -0.39 is 16.6 Å². The van der Waals surface area contributed by atoms with Crippen molar-refractivity contribution < 1.29 is 24.7 Å². The van der Waals surface area contributed by atoms with Crippen LogP contribution in [0.5, 0.6) is 11.5 Å². The van der Waals surface area contributed by atoms with Gasteiger partial charge in [0.25, 0.3) is 5.69 Å². The maximum Gasteiger partial charge on any atom is 0.339 e. The Labute approximate surface area is 129 Å². The Morgan fingerprint density at radius 3 is 2.45 bits per heavy atom. The van der Waals surface area contributed by atoms with Gasteiger partial charge in [0.2, 0.25) is 0 Å². The number of rotatable bonds is 5. The van der Waals surface area contributed by atoms with E-state index in [-0.39, 0.29) is 28.6 Å². The Kier molecular flexibility index (Phi) is 4.47. The fourth-order valence-electron chi connectivity index (χ4n) is 1.70. The number of non-ortho nitro benzene ring substituents is 1. The highest BCUT2D eigenvalue weighted by Crippen LogP contribution is 2.32. The maximum atomic E-state index is 10.8. The monoisotopic (exact) mass is 323 g/mol. The summed E-state index contributed by atoms with van der Waals surface area (Å²) in [4.78, 5) is 20.9. The molecule has 114 valence electrons. The molecular weight excluding hydrogens is 314 g/mol. The van der Waals surface area contributed by atoms with Crippen LogP contribution in [0.25, 0.3) is 0 Å². The zero-order valence-electron chi connectivity index (χ0n) is 11.0. The molecule has 2 N–H and O–H groups in total. The summed E-state index contributed by atoms with van der Waals surface area (Å²) < 4.78 is 5.38. The Morgan fingerprint density at radius 2 is 1.91 bits per heavy atom. The Bertz CT molecular complexity index is 729. The van der Waals surface area contributed by atoms with Crippen LogP contribution in [0.15, 0.2) is 36.4 Å². The molecular formula is C14H10ClNO6. The van der Waals surface area contributed by atoms with Crippen molar-refractivity contribution in [1.29, 1.82) is 0 Å². The number of benzene rings is 2. The smallest absolute Gasteiger partial charge is 0.339 e. The molecule has 0 aliphatic carbocycles. The highest BCUT2D eigenvalue weighted by Gasteiger charge is 2.14. The molecule has 0 aliphatic heterocycles. The number of hydrogen-bond donors (Lipinski definition) is 2. The van der Waals surface area contributed by atoms with Crippen molar-refractivity contribution >= 4 is 23.3 Å². The highest BCUT2D eigenvalue weighted by atomic mass is 35.5. The van der Waals surface area contributed by atoms with Gasteiger partial charge in [-0.1, -0.05) is 11.6 Å². The lowest BCUT2D eigenvalue weighted by atomic mass is 10.2. The molecule has 7 nitrogen and oxygen atoms in total. The van der Waals surface area contributed by atoms with Crippen molar-refractivity contribution in [2.75, 3.05) is 0 Å². The normalized spacial score (nSPS) is 10.2. The molecule has 2 aromatic rings. The molecule has 0 spiro atoms. The van der Waals surface area contributed by atoms with Crippen molar-refractivity contribution in [3.8, 4) is 11.5 Å². The number of phenols is 1. The molecule has 0 saturated carbocycles. The van der Waals surface area contributed by atoms with E-state index in [0.29, 0.717) is 5.56 Å². The van der Waals surface area contributed by atoms with Crippen LogP contribution >= 0.6 is 11.6 Å². The highest BCUT2D eigenvalue weighted by molar-refractivity contribution is 6.32. The second-order valence-corrected chi connectivity index (χ2v) is 4.72. The van der Waals surface area contributed by atoms with Gasteiger partial charge in [-0.25, -0.2) is 4.79 Å². The standard InChI is InChI=1S/C14H10ClNO6/c15-11-5-10(14(18)19)12(17)6-13(11)22-7-8-1-3-9(4-2-8)16(20)21/h1-6,17H,7H2,(H,18,19). The van der Waals surface area contributed by atoms with Gasteiger partial charge in [0, 0.05) is 18.2 Å². The minimum Gasteiger partial charge on any atom is -0.507 e. The van der Waals surface area contributed by atoms with E-state index in [1.807, 2.05) is 0 Å². The number of halogens is 1.